The van der Waals surface area contributed by atoms with Crippen LogP contribution in [0.4, 0.5) is 5.69 Å². The molecular formula is C26H26N4O4. The number of anilines is 1. The van der Waals surface area contributed by atoms with Gasteiger partial charge in [-0.25, -0.2) is 0 Å². The summed E-state index contributed by atoms with van der Waals surface area (Å²) in [7, 11) is 1.60. The summed E-state index contributed by atoms with van der Waals surface area (Å²) in [5.74, 6) is -2.18. The van der Waals surface area contributed by atoms with Crippen molar-refractivity contribution in [2.45, 2.75) is 24.4 Å². The summed E-state index contributed by atoms with van der Waals surface area (Å²) in [5, 5.41) is 7.53. The lowest BCUT2D eigenvalue weighted by Crippen LogP contribution is -2.53. The Morgan fingerprint density at radius 2 is 1.82 bits per heavy atom. The van der Waals surface area contributed by atoms with Gasteiger partial charge in [-0.05, 0) is 30.5 Å². The predicted octanol–water partition coefficient (Wildman–Crippen LogP) is 2.17. The van der Waals surface area contributed by atoms with Crippen molar-refractivity contribution in [3.05, 3.63) is 65.9 Å². The van der Waals surface area contributed by atoms with Gasteiger partial charge in [0, 0.05) is 54.7 Å². The van der Waals surface area contributed by atoms with Gasteiger partial charge in [0.05, 0.1) is 11.8 Å². The standard InChI is InChI=1S/C26H26N4O4/c1-34-12-6-11-30-23(31)21-20(13-15-14-27-18-9-4-2-7-16(15)18)29-26(22(21)24(30)32)17-8-3-5-10-19(17)28-25(26)33/h2-5,7-10,14,20-22,27,29H,6,11-13H2,1H3,(H,28,33)/t20-,21-,22+,26-/m1/s1. The number of ether oxygens (including phenoxy) is 1. The number of likely N-dealkylation sites (tertiary alicyclic amines) is 1. The fourth-order valence-corrected chi connectivity index (χ4v) is 6.12. The van der Waals surface area contributed by atoms with Crippen LogP contribution in [-0.4, -0.2) is 53.9 Å². The van der Waals surface area contributed by atoms with E-state index in [0.29, 0.717) is 25.1 Å². The molecule has 174 valence electrons. The third-order valence-electron chi connectivity index (χ3n) is 7.56. The van der Waals surface area contributed by atoms with E-state index >= 15 is 0 Å². The molecule has 4 heterocycles. The number of nitrogens with zero attached hydrogens (tertiary/aromatic N) is 1. The largest absolute Gasteiger partial charge is 0.385 e. The Balaban J connectivity index is 1.43. The number of carbonyl (C=O) groups excluding carboxylic acids is 3. The molecule has 1 spiro atoms. The van der Waals surface area contributed by atoms with E-state index < -0.39 is 17.4 Å². The van der Waals surface area contributed by atoms with Crippen molar-refractivity contribution in [3.8, 4) is 0 Å². The molecule has 8 heteroatoms. The molecule has 3 aliphatic heterocycles. The van der Waals surface area contributed by atoms with E-state index in [0.717, 1.165) is 22.0 Å². The number of amides is 3. The van der Waals surface area contributed by atoms with Crippen LogP contribution < -0.4 is 10.6 Å². The number of fused-ring (bicyclic) bond motifs is 5. The van der Waals surface area contributed by atoms with Crippen LogP contribution in [0.2, 0.25) is 0 Å². The normalized spacial score (nSPS) is 27.6. The van der Waals surface area contributed by atoms with Crippen molar-refractivity contribution in [1.82, 2.24) is 15.2 Å². The molecule has 4 atom stereocenters. The molecule has 34 heavy (non-hydrogen) atoms. The number of para-hydroxylation sites is 2. The number of carbonyl (C=O) groups is 3. The van der Waals surface area contributed by atoms with Gasteiger partial charge < -0.3 is 15.0 Å². The maximum Gasteiger partial charge on any atom is 0.250 e. The molecule has 0 radical (unpaired) electrons. The van der Waals surface area contributed by atoms with Gasteiger partial charge in [0.15, 0.2) is 0 Å². The van der Waals surface area contributed by atoms with Gasteiger partial charge in [-0.15, -0.1) is 0 Å². The van der Waals surface area contributed by atoms with Gasteiger partial charge in [-0.2, -0.15) is 0 Å². The molecule has 0 aliphatic carbocycles. The highest BCUT2D eigenvalue weighted by Crippen LogP contribution is 2.53. The SMILES string of the molecule is COCCCN1C(=O)[C@H]2[C@@H](C1=O)[C@@]1(N[C@@H]2Cc2c[nH]c3ccccc23)C(=O)Nc2ccccc21. The van der Waals surface area contributed by atoms with Crippen molar-refractivity contribution in [3.63, 3.8) is 0 Å². The number of methoxy groups -OCH3 is 1. The molecule has 1 aromatic heterocycles. The van der Waals surface area contributed by atoms with Crippen molar-refractivity contribution in [2.24, 2.45) is 11.8 Å². The number of rotatable bonds is 6. The topological polar surface area (TPSA) is 104 Å². The second kappa shape index (κ2) is 7.78. The summed E-state index contributed by atoms with van der Waals surface area (Å²) in [6.07, 6.45) is 3.03. The lowest BCUT2D eigenvalue weighted by molar-refractivity contribution is -0.143. The number of nitrogens with one attached hydrogen (secondary N) is 3. The van der Waals surface area contributed by atoms with E-state index in [1.54, 1.807) is 7.11 Å². The zero-order valence-corrected chi connectivity index (χ0v) is 18.8. The first-order valence-electron chi connectivity index (χ1n) is 11.6. The summed E-state index contributed by atoms with van der Waals surface area (Å²) in [5.41, 5.74) is 2.22. The van der Waals surface area contributed by atoms with E-state index in [2.05, 4.69) is 15.6 Å². The molecule has 3 aromatic rings. The highest BCUT2D eigenvalue weighted by Gasteiger charge is 2.70. The van der Waals surface area contributed by atoms with Crippen LogP contribution in [-0.2, 0) is 31.1 Å². The van der Waals surface area contributed by atoms with Crippen LogP contribution >= 0.6 is 0 Å². The maximum atomic E-state index is 13.7. The molecule has 0 unspecified atom stereocenters. The Morgan fingerprint density at radius 3 is 2.68 bits per heavy atom. The maximum absolute atomic E-state index is 13.7. The van der Waals surface area contributed by atoms with Crippen LogP contribution in [0.5, 0.6) is 0 Å². The van der Waals surface area contributed by atoms with Gasteiger partial charge in [-0.1, -0.05) is 36.4 Å². The average Bonchev–Trinajstić information content (AvgIpc) is 3.55. The first kappa shape index (κ1) is 21.1. The monoisotopic (exact) mass is 458 g/mol. The first-order valence-corrected chi connectivity index (χ1v) is 11.6. The van der Waals surface area contributed by atoms with Crippen LogP contribution in [0.15, 0.2) is 54.7 Å². The van der Waals surface area contributed by atoms with Crippen LogP contribution in [0.25, 0.3) is 10.9 Å². The molecule has 2 aromatic carbocycles. The summed E-state index contributed by atoms with van der Waals surface area (Å²) >= 11 is 0. The molecule has 6 rings (SSSR count). The lowest BCUT2D eigenvalue weighted by atomic mass is 9.76. The smallest absolute Gasteiger partial charge is 0.250 e. The molecule has 2 fully saturated rings. The van der Waals surface area contributed by atoms with Gasteiger partial charge in [0.2, 0.25) is 17.7 Å². The van der Waals surface area contributed by atoms with Crippen molar-refractivity contribution in [2.75, 3.05) is 25.6 Å². The number of aromatic amines is 1. The quantitative estimate of drug-likeness (QED) is 0.388. The van der Waals surface area contributed by atoms with Crippen molar-refractivity contribution >= 4 is 34.3 Å². The number of aromatic nitrogens is 1. The summed E-state index contributed by atoms with van der Waals surface area (Å²) < 4.78 is 5.13. The van der Waals surface area contributed by atoms with E-state index in [1.807, 2.05) is 54.7 Å². The van der Waals surface area contributed by atoms with Gasteiger partial charge >= 0.3 is 0 Å². The second-order valence-corrected chi connectivity index (χ2v) is 9.30. The van der Waals surface area contributed by atoms with Crippen molar-refractivity contribution in [1.29, 1.82) is 0 Å². The van der Waals surface area contributed by atoms with E-state index in [1.165, 1.54) is 4.90 Å². The molecule has 2 saturated heterocycles. The summed E-state index contributed by atoms with van der Waals surface area (Å²) in [4.78, 5) is 45.5. The van der Waals surface area contributed by atoms with Gasteiger partial charge in [-0.3, -0.25) is 24.6 Å². The molecule has 3 N–H and O–H groups in total. The number of hydrogen-bond acceptors (Lipinski definition) is 5. The Labute approximate surface area is 196 Å². The average molecular weight is 459 g/mol. The van der Waals surface area contributed by atoms with Crippen LogP contribution in [0.3, 0.4) is 0 Å². The number of H-pyrrole nitrogens is 1. The van der Waals surface area contributed by atoms with E-state index in [4.69, 9.17) is 4.74 Å². The molecule has 3 amide bonds. The zero-order valence-electron chi connectivity index (χ0n) is 18.8. The summed E-state index contributed by atoms with van der Waals surface area (Å²) in [6.45, 7) is 0.746. The Bertz CT molecular complexity index is 1320. The highest BCUT2D eigenvalue weighted by molar-refractivity contribution is 6.15. The molecular weight excluding hydrogens is 432 g/mol. The fraction of sp³-hybridized carbons (Fsp3) is 0.346. The van der Waals surface area contributed by atoms with Crippen molar-refractivity contribution < 1.29 is 19.1 Å². The zero-order chi connectivity index (χ0) is 23.4. The summed E-state index contributed by atoms with van der Waals surface area (Å²) in [6, 6.07) is 15.1. The Morgan fingerprint density at radius 1 is 1.03 bits per heavy atom. The molecule has 3 aliphatic rings. The first-order chi connectivity index (χ1) is 16.6. The van der Waals surface area contributed by atoms with Gasteiger partial charge in [0.1, 0.15) is 5.54 Å². The predicted molar refractivity (Wildman–Crippen MR) is 126 cm³/mol. The highest BCUT2D eigenvalue weighted by atomic mass is 16.5. The second-order valence-electron chi connectivity index (χ2n) is 9.30. The lowest BCUT2D eigenvalue weighted by Gasteiger charge is -2.29. The van der Waals surface area contributed by atoms with Crippen LogP contribution in [0, 0.1) is 11.8 Å². The third kappa shape index (κ3) is 2.82. The number of imide groups is 1. The van der Waals surface area contributed by atoms with Crippen LogP contribution in [0.1, 0.15) is 17.5 Å². The minimum Gasteiger partial charge on any atom is -0.385 e. The molecule has 8 nitrogen and oxygen atoms in total. The molecule has 0 bridgehead atoms. The fourth-order valence-electron chi connectivity index (χ4n) is 6.12. The molecule has 0 saturated carbocycles. The number of hydrogen-bond donors (Lipinski definition) is 3. The minimum atomic E-state index is -1.26. The third-order valence-corrected chi connectivity index (χ3v) is 7.56. The van der Waals surface area contributed by atoms with E-state index in [-0.39, 0.29) is 30.3 Å². The Hall–Kier alpha value is -3.49. The Kier molecular flexibility index (Phi) is 4.82. The van der Waals surface area contributed by atoms with E-state index in [9.17, 15) is 14.4 Å². The number of benzene rings is 2. The van der Waals surface area contributed by atoms with Gasteiger partial charge in [0.25, 0.3) is 0 Å². The minimum absolute atomic E-state index is 0.211.